The van der Waals surface area contributed by atoms with Crippen molar-refractivity contribution in [2.75, 3.05) is 26.2 Å². The molecule has 0 aromatic heterocycles. The average molecular weight is 459 g/mol. The van der Waals surface area contributed by atoms with Crippen molar-refractivity contribution in [2.24, 2.45) is 5.92 Å². The molecule has 1 heterocycles. The quantitative estimate of drug-likeness (QED) is 0.581. The molecule has 1 N–H and O–H groups in total. The van der Waals surface area contributed by atoms with Crippen molar-refractivity contribution >= 4 is 15.9 Å². The van der Waals surface area contributed by atoms with Gasteiger partial charge in [0, 0.05) is 32.2 Å². The van der Waals surface area contributed by atoms with E-state index in [9.17, 15) is 13.2 Å². The Kier molecular flexibility index (Phi) is 8.45. The summed E-state index contributed by atoms with van der Waals surface area (Å²) >= 11 is 0. The molecule has 0 atom stereocenters. The van der Waals surface area contributed by atoms with Gasteiger partial charge in [-0.25, -0.2) is 8.42 Å². The second kappa shape index (κ2) is 11.1. The highest BCUT2D eigenvalue weighted by Crippen LogP contribution is 2.28. The Balaban J connectivity index is 1.41. The van der Waals surface area contributed by atoms with Gasteiger partial charge in [-0.15, -0.1) is 0 Å². The summed E-state index contributed by atoms with van der Waals surface area (Å²) in [6.45, 7) is 8.11. The summed E-state index contributed by atoms with van der Waals surface area (Å²) in [6, 6.07) is 13.8. The monoisotopic (exact) mass is 458 g/mol. The van der Waals surface area contributed by atoms with Crippen molar-refractivity contribution in [3.05, 3.63) is 64.7 Å². The molecule has 2 aromatic rings. The number of benzene rings is 2. The van der Waals surface area contributed by atoms with E-state index in [4.69, 9.17) is 4.74 Å². The van der Waals surface area contributed by atoms with Crippen molar-refractivity contribution in [1.29, 1.82) is 0 Å². The number of hydrogen-bond acceptors (Lipinski definition) is 4. The van der Waals surface area contributed by atoms with Gasteiger partial charge in [-0.1, -0.05) is 48.0 Å². The summed E-state index contributed by atoms with van der Waals surface area (Å²) in [4.78, 5) is 12.9. The summed E-state index contributed by atoms with van der Waals surface area (Å²) in [7, 11) is -3.55. The molecule has 0 radical (unpaired) electrons. The number of aryl methyl sites for hydroxylation is 3. The predicted molar refractivity (Wildman–Crippen MR) is 126 cm³/mol. The molecule has 7 heteroatoms. The van der Waals surface area contributed by atoms with Gasteiger partial charge in [-0.3, -0.25) is 4.79 Å². The van der Waals surface area contributed by atoms with Gasteiger partial charge in [0.1, 0.15) is 0 Å². The van der Waals surface area contributed by atoms with Crippen LogP contribution in [0.1, 0.15) is 41.5 Å². The lowest BCUT2D eigenvalue weighted by Crippen LogP contribution is -2.43. The summed E-state index contributed by atoms with van der Waals surface area (Å²) in [5.41, 5.74) is 3.74. The number of nitrogens with one attached hydrogen (secondary N) is 1. The number of carbonyl (C=O) groups excluding carboxylic acids is 1. The molecule has 0 bridgehead atoms. The third kappa shape index (κ3) is 6.18. The van der Waals surface area contributed by atoms with Gasteiger partial charge in [-0.05, 0) is 56.7 Å². The second-order valence-electron chi connectivity index (χ2n) is 8.59. The fourth-order valence-corrected chi connectivity index (χ4v) is 6.24. The van der Waals surface area contributed by atoms with Crippen molar-refractivity contribution in [3.63, 3.8) is 0 Å². The molecule has 0 unspecified atom stereocenters. The van der Waals surface area contributed by atoms with Crippen LogP contribution in [-0.4, -0.2) is 44.9 Å². The topological polar surface area (TPSA) is 75.7 Å². The van der Waals surface area contributed by atoms with Crippen LogP contribution in [0.5, 0.6) is 0 Å². The minimum Gasteiger partial charge on any atom is -0.377 e. The van der Waals surface area contributed by atoms with Crippen LogP contribution in [0.3, 0.4) is 0 Å². The van der Waals surface area contributed by atoms with Gasteiger partial charge < -0.3 is 10.1 Å². The van der Waals surface area contributed by atoms with Crippen LogP contribution >= 0.6 is 0 Å². The van der Waals surface area contributed by atoms with Crippen molar-refractivity contribution in [2.45, 2.75) is 51.5 Å². The molecule has 2 aromatic carbocycles. The maximum Gasteiger partial charge on any atom is 0.243 e. The average Bonchev–Trinajstić information content (AvgIpc) is 2.76. The number of rotatable bonds is 9. The SMILES string of the molecule is Cc1cc(C)c(S(=O)(=O)N2CCC(C(=O)NCCCOCc3ccccc3)CC2)c(C)c1. The highest BCUT2D eigenvalue weighted by molar-refractivity contribution is 7.89. The Hall–Kier alpha value is -2.22. The van der Waals surface area contributed by atoms with E-state index in [0.717, 1.165) is 28.7 Å². The first-order valence-corrected chi connectivity index (χ1v) is 12.7. The number of sulfonamides is 1. The zero-order valence-corrected chi connectivity index (χ0v) is 20.1. The van der Waals surface area contributed by atoms with E-state index in [-0.39, 0.29) is 11.8 Å². The summed E-state index contributed by atoms with van der Waals surface area (Å²) < 4.78 is 33.6. The van der Waals surface area contributed by atoms with Crippen LogP contribution in [-0.2, 0) is 26.2 Å². The smallest absolute Gasteiger partial charge is 0.243 e. The van der Waals surface area contributed by atoms with Crippen LogP contribution in [0, 0.1) is 26.7 Å². The highest BCUT2D eigenvalue weighted by Gasteiger charge is 2.33. The number of ether oxygens (including phenoxy) is 1. The van der Waals surface area contributed by atoms with Gasteiger partial charge in [0.25, 0.3) is 0 Å². The first-order chi connectivity index (χ1) is 15.3. The van der Waals surface area contributed by atoms with E-state index in [1.54, 1.807) is 0 Å². The summed E-state index contributed by atoms with van der Waals surface area (Å²) in [5.74, 6) is -0.139. The van der Waals surface area contributed by atoms with Crippen LogP contribution < -0.4 is 5.32 Å². The fraction of sp³-hybridized carbons (Fsp3) is 0.480. The molecule has 0 saturated carbocycles. The van der Waals surface area contributed by atoms with Crippen molar-refractivity contribution in [1.82, 2.24) is 9.62 Å². The fourth-order valence-electron chi connectivity index (χ4n) is 4.36. The summed E-state index contributed by atoms with van der Waals surface area (Å²) in [6.07, 6.45) is 1.83. The van der Waals surface area contributed by atoms with E-state index in [1.165, 1.54) is 4.31 Å². The Bertz CT molecular complexity index is 990. The molecular weight excluding hydrogens is 424 g/mol. The zero-order valence-electron chi connectivity index (χ0n) is 19.3. The largest absolute Gasteiger partial charge is 0.377 e. The highest BCUT2D eigenvalue weighted by atomic mass is 32.2. The Labute approximate surface area is 192 Å². The van der Waals surface area contributed by atoms with Crippen LogP contribution in [0.25, 0.3) is 0 Å². The maximum atomic E-state index is 13.2. The number of amides is 1. The van der Waals surface area contributed by atoms with Crippen molar-refractivity contribution < 1.29 is 17.9 Å². The van der Waals surface area contributed by atoms with Crippen LogP contribution in [0.2, 0.25) is 0 Å². The molecule has 1 aliphatic rings. The first kappa shape index (κ1) is 24.4. The number of piperidine rings is 1. The lowest BCUT2D eigenvalue weighted by atomic mass is 9.97. The van der Waals surface area contributed by atoms with E-state index in [0.29, 0.717) is 50.6 Å². The van der Waals surface area contributed by atoms with Gasteiger partial charge in [-0.2, -0.15) is 4.31 Å². The lowest BCUT2D eigenvalue weighted by molar-refractivity contribution is -0.126. The normalized spacial score (nSPS) is 15.6. The molecule has 1 amide bonds. The van der Waals surface area contributed by atoms with Crippen LogP contribution in [0.15, 0.2) is 47.4 Å². The molecule has 0 spiro atoms. The zero-order chi connectivity index (χ0) is 23.1. The number of carbonyl (C=O) groups is 1. The van der Waals surface area contributed by atoms with E-state index < -0.39 is 10.0 Å². The van der Waals surface area contributed by atoms with E-state index in [1.807, 2.05) is 63.2 Å². The van der Waals surface area contributed by atoms with Gasteiger partial charge in [0.15, 0.2) is 0 Å². The Morgan fingerprint density at radius 1 is 1.06 bits per heavy atom. The third-order valence-electron chi connectivity index (χ3n) is 5.90. The molecule has 1 saturated heterocycles. The molecule has 3 rings (SSSR count). The van der Waals surface area contributed by atoms with Crippen LogP contribution in [0.4, 0.5) is 0 Å². The Morgan fingerprint density at radius 3 is 2.31 bits per heavy atom. The minimum atomic E-state index is -3.55. The summed E-state index contributed by atoms with van der Waals surface area (Å²) in [5, 5.41) is 2.97. The number of nitrogens with zero attached hydrogens (tertiary/aromatic N) is 1. The molecule has 0 aliphatic carbocycles. The molecular formula is C25H34N2O4S. The Morgan fingerprint density at radius 2 is 1.69 bits per heavy atom. The number of hydrogen-bond donors (Lipinski definition) is 1. The predicted octanol–water partition coefficient (Wildman–Crippen LogP) is 3.74. The molecule has 1 fully saturated rings. The van der Waals surface area contributed by atoms with Gasteiger partial charge in [0.05, 0.1) is 11.5 Å². The standard InChI is InChI=1S/C25H34N2O4S/c1-19-16-20(2)24(21(3)17-19)32(29,30)27-13-10-23(11-14-27)25(28)26-12-7-15-31-18-22-8-5-4-6-9-22/h4-6,8-9,16-17,23H,7,10-15,18H2,1-3H3,(H,26,28). The second-order valence-corrected chi connectivity index (χ2v) is 10.5. The molecule has 32 heavy (non-hydrogen) atoms. The third-order valence-corrected chi connectivity index (χ3v) is 8.11. The molecule has 174 valence electrons. The lowest BCUT2D eigenvalue weighted by Gasteiger charge is -2.31. The maximum absolute atomic E-state index is 13.2. The molecule has 1 aliphatic heterocycles. The van der Waals surface area contributed by atoms with Gasteiger partial charge >= 0.3 is 0 Å². The van der Waals surface area contributed by atoms with Gasteiger partial charge in [0.2, 0.25) is 15.9 Å². The van der Waals surface area contributed by atoms with E-state index in [2.05, 4.69) is 5.32 Å². The minimum absolute atomic E-state index is 0.00723. The van der Waals surface area contributed by atoms with E-state index >= 15 is 0 Å². The first-order valence-electron chi connectivity index (χ1n) is 11.3. The molecule has 6 nitrogen and oxygen atoms in total. The van der Waals surface area contributed by atoms with Crippen molar-refractivity contribution in [3.8, 4) is 0 Å².